The Morgan fingerprint density at radius 3 is 2.19 bits per heavy atom. The van der Waals surface area contributed by atoms with E-state index >= 15 is 0 Å². The molecule has 0 saturated heterocycles. The largest absolute Gasteiger partial charge is 0.449 e. The normalized spacial score (nSPS) is 12.0. The molecule has 0 aliphatic rings. The Bertz CT molecular complexity index is 791. The first-order valence-corrected chi connectivity index (χ1v) is 8.43. The van der Waals surface area contributed by atoms with Gasteiger partial charge in [0.15, 0.2) is 6.10 Å². The van der Waals surface area contributed by atoms with E-state index in [0.29, 0.717) is 11.6 Å². The summed E-state index contributed by atoms with van der Waals surface area (Å²) in [7, 11) is 0. The molecule has 1 N–H and O–H groups in total. The van der Waals surface area contributed by atoms with Crippen LogP contribution in [0.15, 0.2) is 48.5 Å². The molecule has 144 valence electrons. The number of benzene rings is 2. The van der Waals surface area contributed by atoms with E-state index in [1.807, 2.05) is 12.1 Å². The maximum absolute atomic E-state index is 12.4. The van der Waals surface area contributed by atoms with Gasteiger partial charge < -0.3 is 14.8 Å². The molecule has 0 heterocycles. The molecule has 2 aromatic rings. The van der Waals surface area contributed by atoms with Crippen molar-refractivity contribution in [3.05, 3.63) is 59.7 Å². The highest BCUT2D eigenvalue weighted by atomic mass is 19.3. The van der Waals surface area contributed by atoms with Crippen LogP contribution in [0.3, 0.4) is 0 Å². The van der Waals surface area contributed by atoms with E-state index in [1.165, 1.54) is 31.2 Å². The van der Waals surface area contributed by atoms with Gasteiger partial charge in [-0.3, -0.25) is 4.79 Å². The summed E-state index contributed by atoms with van der Waals surface area (Å²) in [5.74, 6) is -1.41. The number of carbonyl (C=O) groups excluding carboxylic acids is 2. The van der Waals surface area contributed by atoms with Crippen LogP contribution in [-0.4, -0.2) is 24.6 Å². The zero-order valence-corrected chi connectivity index (χ0v) is 15.2. The van der Waals surface area contributed by atoms with Crippen molar-refractivity contribution in [3.63, 3.8) is 0 Å². The molecule has 1 amide bonds. The van der Waals surface area contributed by atoms with Gasteiger partial charge in [-0.2, -0.15) is 8.78 Å². The van der Waals surface area contributed by atoms with Crippen LogP contribution in [0, 0.1) is 0 Å². The third-order valence-corrected chi connectivity index (χ3v) is 3.82. The van der Waals surface area contributed by atoms with Gasteiger partial charge in [0.1, 0.15) is 11.3 Å². The van der Waals surface area contributed by atoms with E-state index in [1.54, 1.807) is 12.1 Å². The van der Waals surface area contributed by atoms with Gasteiger partial charge in [-0.1, -0.05) is 38.1 Å². The number of anilines is 1. The Balaban J connectivity index is 2.00. The SMILES string of the molecule is CC(C)c1ccc(NC(=O)[C@@H](C)OC(=O)c2ccccc2OC(F)F)cc1. The van der Waals surface area contributed by atoms with Crippen molar-refractivity contribution in [3.8, 4) is 5.75 Å². The van der Waals surface area contributed by atoms with Gasteiger partial charge in [0.05, 0.1) is 0 Å². The van der Waals surface area contributed by atoms with Crippen LogP contribution in [0.25, 0.3) is 0 Å². The minimum Gasteiger partial charge on any atom is -0.449 e. The molecule has 2 rings (SSSR count). The number of alkyl halides is 2. The Labute approximate surface area is 156 Å². The first kappa shape index (κ1) is 20.4. The number of para-hydroxylation sites is 1. The second-order valence-corrected chi connectivity index (χ2v) is 6.19. The van der Waals surface area contributed by atoms with Crippen molar-refractivity contribution in [2.24, 2.45) is 0 Å². The predicted octanol–water partition coefficient (Wildman–Crippen LogP) is 4.60. The Hall–Kier alpha value is -2.96. The zero-order valence-electron chi connectivity index (χ0n) is 15.2. The highest BCUT2D eigenvalue weighted by Crippen LogP contribution is 2.22. The van der Waals surface area contributed by atoms with Gasteiger partial charge >= 0.3 is 12.6 Å². The number of ether oxygens (including phenoxy) is 2. The molecule has 7 heteroatoms. The molecule has 0 unspecified atom stereocenters. The van der Waals surface area contributed by atoms with Gasteiger partial charge in [0, 0.05) is 5.69 Å². The lowest BCUT2D eigenvalue weighted by Crippen LogP contribution is -2.30. The molecule has 0 fully saturated rings. The maximum atomic E-state index is 12.4. The van der Waals surface area contributed by atoms with Gasteiger partial charge in [0.25, 0.3) is 5.91 Å². The minimum atomic E-state index is -3.08. The lowest BCUT2D eigenvalue weighted by Gasteiger charge is -2.15. The first-order chi connectivity index (χ1) is 12.8. The summed E-state index contributed by atoms with van der Waals surface area (Å²) in [5, 5.41) is 2.64. The number of nitrogens with one attached hydrogen (secondary N) is 1. The van der Waals surface area contributed by atoms with Gasteiger partial charge in [0.2, 0.25) is 0 Å². The van der Waals surface area contributed by atoms with Crippen LogP contribution < -0.4 is 10.1 Å². The fraction of sp³-hybridized carbons (Fsp3) is 0.300. The molecule has 0 aromatic heterocycles. The molecule has 0 spiro atoms. The van der Waals surface area contributed by atoms with E-state index < -0.39 is 24.6 Å². The fourth-order valence-corrected chi connectivity index (χ4v) is 2.31. The van der Waals surface area contributed by atoms with Gasteiger partial charge in [-0.25, -0.2) is 4.79 Å². The summed E-state index contributed by atoms with van der Waals surface area (Å²) in [5.41, 5.74) is 1.51. The van der Waals surface area contributed by atoms with Crippen LogP contribution in [0.5, 0.6) is 5.75 Å². The average Bonchev–Trinajstić information content (AvgIpc) is 2.61. The van der Waals surface area contributed by atoms with E-state index in [2.05, 4.69) is 23.9 Å². The number of halogens is 2. The Kier molecular flexibility index (Phi) is 6.87. The highest BCUT2D eigenvalue weighted by molar-refractivity contribution is 5.98. The molecule has 0 radical (unpaired) electrons. The first-order valence-electron chi connectivity index (χ1n) is 8.43. The van der Waals surface area contributed by atoms with E-state index in [9.17, 15) is 18.4 Å². The van der Waals surface area contributed by atoms with Crippen molar-refractivity contribution in [1.29, 1.82) is 0 Å². The van der Waals surface area contributed by atoms with Gasteiger partial charge in [-0.15, -0.1) is 0 Å². The van der Waals surface area contributed by atoms with Gasteiger partial charge in [-0.05, 0) is 42.7 Å². The number of amides is 1. The van der Waals surface area contributed by atoms with Crippen LogP contribution in [0.1, 0.15) is 42.6 Å². The molecular weight excluding hydrogens is 356 g/mol. The molecule has 0 aliphatic heterocycles. The monoisotopic (exact) mass is 377 g/mol. The summed E-state index contributed by atoms with van der Waals surface area (Å²) in [6.45, 7) is 2.44. The summed E-state index contributed by atoms with van der Waals surface area (Å²) in [4.78, 5) is 24.4. The summed E-state index contributed by atoms with van der Waals surface area (Å²) >= 11 is 0. The fourth-order valence-electron chi connectivity index (χ4n) is 2.31. The average molecular weight is 377 g/mol. The number of hydrogen-bond donors (Lipinski definition) is 1. The maximum Gasteiger partial charge on any atom is 0.387 e. The third kappa shape index (κ3) is 5.77. The quantitative estimate of drug-likeness (QED) is 0.717. The molecule has 0 saturated carbocycles. The number of esters is 1. The van der Waals surface area contributed by atoms with Crippen LogP contribution in [-0.2, 0) is 9.53 Å². The Morgan fingerprint density at radius 1 is 0.963 bits per heavy atom. The number of carbonyl (C=O) groups is 2. The summed E-state index contributed by atoms with van der Waals surface area (Å²) < 4.78 is 34.3. The van der Waals surface area contributed by atoms with Crippen molar-refractivity contribution >= 4 is 17.6 Å². The van der Waals surface area contributed by atoms with E-state index in [-0.39, 0.29) is 11.3 Å². The second kappa shape index (κ2) is 9.12. The van der Waals surface area contributed by atoms with Crippen LogP contribution in [0.4, 0.5) is 14.5 Å². The second-order valence-electron chi connectivity index (χ2n) is 6.19. The number of hydrogen-bond acceptors (Lipinski definition) is 4. The van der Waals surface area contributed by atoms with Crippen molar-refractivity contribution < 1.29 is 27.8 Å². The zero-order chi connectivity index (χ0) is 20.0. The van der Waals surface area contributed by atoms with Crippen molar-refractivity contribution in [1.82, 2.24) is 0 Å². The van der Waals surface area contributed by atoms with Crippen LogP contribution >= 0.6 is 0 Å². The molecule has 0 aliphatic carbocycles. The van der Waals surface area contributed by atoms with E-state index in [0.717, 1.165) is 5.56 Å². The molecule has 5 nitrogen and oxygen atoms in total. The third-order valence-electron chi connectivity index (χ3n) is 3.82. The van der Waals surface area contributed by atoms with E-state index in [4.69, 9.17) is 4.74 Å². The smallest absolute Gasteiger partial charge is 0.387 e. The molecule has 2 aromatic carbocycles. The molecular formula is C20H21F2NO4. The summed E-state index contributed by atoms with van der Waals surface area (Å²) in [6, 6.07) is 12.8. The lowest BCUT2D eigenvalue weighted by atomic mass is 10.0. The van der Waals surface area contributed by atoms with Crippen molar-refractivity contribution in [2.75, 3.05) is 5.32 Å². The lowest BCUT2D eigenvalue weighted by molar-refractivity contribution is -0.123. The molecule has 0 bridgehead atoms. The van der Waals surface area contributed by atoms with Crippen molar-refractivity contribution in [2.45, 2.75) is 39.4 Å². The molecule has 27 heavy (non-hydrogen) atoms. The number of rotatable bonds is 7. The highest BCUT2D eigenvalue weighted by Gasteiger charge is 2.22. The molecule has 1 atom stereocenters. The standard InChI is InChI=1S/C20H21F2NO4/c1-12(2)14-8-10-15(11-9-14)23-18(24)13(3)26-19(25)16-6-4-5-7-17(16)27-20(21)22/h4-13,20H,1-3H3,(H,23,24)/t13-/m1/s1. The topological polar surface area (TPSA) is 64.6 Å². The predicted molar refractivity (Wildman–Crippen MR) is 97.1 cm³/mol. The summed E-state index contributed by atoms with van der Waals surface area (Å²) in [6.07, 6.45) is -1.12. The van der Waals surface area contributed by atoms with Crippen LogP contribution in [0.2, 0.25) is 0 Å². The minimum absolute atomic E-state index is 0.182. The Morgan fingerprint density at radius 2 is 1.59 bits per heavy atom.